The van der Waals surface area contributed by atoms with Crippen molar-refractivity contribution < 1.29 is 27.8 Å². The first kappa shape index (κ1) is 16.9. The topological polar surface area (TPSA) is 102 Å². The van der Waals surface area contributed by atoms with Gasteiger partial charge >= 0.3 is 5.97 Å². The number of ether oxygens (including phenoxy) is 2. The van der Waals surface area contributed by atoms with Gasteiger partial charge in [0, 0.05) is 11.6 Å². The van der Waals surface area contributed by atoms with Crippen LogP contribution in [-0.4, -0.2) is 46.4 Å². The molecule has 20 heavy (non-hydrogen) atoms. The molecule has 2 N–H and O–H groups in total. The van der Waals surface area contributed by atoms with Crippen LogP contribution in [0.3, 0.4) is 0 Å². The highest BCUT2D eigenvalue weighted by atomic mass is 79.9. The summed E-state index contributed by atoms with van der Waals surface area (Å²) in [5.41, 5.74) is 0. The van der Waals surface area contributed by atoms with Crippen molar-refractivity contribution in [2.24, 2.45) is 0 Å². The van der Waals surface area contributed by atoms with Crippen LogP contribution in [0.25, 0.3) is 0 Å². The molecule has 0 aromatic heterocycles. The van der Waals surface area contributed by atoms with Gasteiger partial charge in [-0.15, -0.1) is 0 Å². The molecule has 0 spiro atoms. The number of aliphatic carboxylic acids is 1. The second kappa shape index (κ2) is 7.02. The van der Waals surface area contributed by atoms with Crippen molar-refractivity contribution in [3.8, 4) is 5.75 Å². The van der Waals surface area contributed by atoms with Crippen LogP contribution in [0.2, 0.25) is 0 Å². The van der Waals surface area contributed by atoms with E-state index in [-0.39, 0.29) is 17.3 Å². The molecule has 9 heteroatoms. The molecule has 1 unspecified atom stereocenters. The fourth-order valence-electron chi connectivity index (χ4n) is 1.43. The number of carbonyl (C=O) groups is 1. The number of carboxylic acids is 1. The summed E-state index contributed by atoms with van der Waals surface area (Å²) in [6.45, 7) is -0.287. The lowest BCUT2D eigenvalue weighted by molar-refractivity contribution is -0.140. The average Bonchev–Trinajstić information content (AvgIpc) is 2.38. The molecule has 1 atom stereocenters. The number of nitrogens with one attached hydrogen (secondary N) is 1. The molecule has 0 saturated carbocycles. The number of hydrogen-bond acceptors (Lipinski definition) is 5. The second-order valence-corrected chi connectivity index (χ2v) is 6.36. The highest BCUT2D eigenvalue weighted by Crippen LogP contribution is 2.27. The number of sulfonamides is 1. The summed E-state index contributed by atoms with van der Waals surface area (Å²) >= 11 is 3.16. The number of methoxy groups -OCH3 is 2. The minimum absolute atomic E-state index is 0.113. The highest BCUT2D eigenvalue weighted by molar-refractivity contribution is 9.10. The third kappa shape index (κ3) is 4.17. The Bertz CT molecular complexity index is 589. The van der Waals surface area contributed by atoms with E-state index in [0.717, 1.165) is 0 Å². The molecule has 112 valence electrons. The Labute approximate surface area is 125 Å². The predicted octanol–water partition coefficient (Wildman–Crippen LogP) is 0.836. The van der Waals surface area contributed by atoms with E-state index < -0.39 is 22.0 Å². The fourth-order valence-corrected chi connectivity index (χ4v) is 3.32. The Morgan fingerprint density at radius 2 is 2.10 bits per heavy atom. The van der Waals surface area contributed by atoms with Crippen molar-refractivity contribution in [2.45, 2.75) is 10.9 Å². The smallest absolute Gasteiger partial charge is 0.324 e. The standard InChI is InChI=1S/C11H14BrNO6S/c1-18-6-8(11(14)15)13-20(16,17)10-5-7(12)3-4-9(10)19-2/h3-5,8,13H,6H2,1-2H3,(H,14,15). The monoisotopic (exact) mass is 367 g/mol. The van der Waals surface area contributed by atoms with E-state index in [1.165, 1.54) is 26.4 Å². The summed E-state index contributed by atoms with van der Waals surface area (Å²) in [4.78, 5) is 10.8. The van der Waals surface area contributed by atoms with Gasteiger partial charge in [-0.05, 0) is 18.2 Å². The number of carboxylic acid groups (broad SMARTS) is 1. The summed E-state index contributed by atoms with van der Waals surface area (Å²) in [6, 6.07) is 3.02. The van der Waals surface area contributed by atoms with Crippen LogP contribution < -0.4 is 9.46 Å². The van der Waals surface area contributed by atoms with Crippen LogP contribution in [0.4, 0.5) is 0 Å². The molecule has 0 bridgehead atoms. The van der Waals surface area contributed by atoms with Gasteiger partial charge in [-0.1, -0.05) is 15.9 Å². The normalized spacial score (nSPS) is 12.9. The largest absolute Gasteiger partial charge is 0.495 e. The molecular weight excluding hydrogens is 354 g/mol. The van der Waals surface area contributed by atoms with E-state index in [2.05, 4.69) is 25.4 Å². The van der Waals surface area contributed by atoms with Gasteiger partial charge in [-0.2, -0.15) is 4.72 Å². The Balaban J connectivity index is 3.16. The molecule has 0 fully saturated rings. The van der Waals surface area contributed by atoms with E-state index in [4.69, 9.17) is 9.84 Å². The molecule has 1 rings (SSSR count). The van der Waals surface area contributed by atoms with Gasteiger partial charge in [0.1, 0.15) is 16.7 Å². The molecule has 0 aliphatic rings. The van der Waals surface area contributed by atoms with Crippen molar-refractivity contribution in [3.05, 3.63) is 22.7 Å². The van der Waals surface area contributed by atoms with Gasteiger partial charge in [0.05, 0.1) is 13.7 Å². The van der Waals surface area contributed by atoms with Crippen LogP contribution >= 0.6 is 15.9 Å². The maximum atomic E-state index is 12.2. The summed E-state index contributed by atoms with van der Waals surface area (Å²) < 4.78 is 36.7. The van der Waals surface area contributed by atoms with Crippen LogP contribution in [-0.2, 0) is 19.6 Å². The molecule has 0 heterocycles. The quantitative estimate of drug-likeness (QED) is 0.740. The molecule has 0 amide bonds. The van der Waals surface area contributed by atoms with Crippen LogP contribution in [0.1, 0.15) is 0 Å². The van der Waals surface area contributed by atoms with Crippen molar-refractivity contribution >= 4 is 31.9 Å². The first-order chi connectivity index (χ1) is 9.31. The first-order valence-electron chi connectivity index (χ1n) is 5.39. The predicted molar refractivity (Wildman–Crippen MR) is 74.3 cm³/mol. The third-order valence-corrected chi connectivity index (χ3v) is 4.33. The number of rotatable bonds is 7. The maximum Gasteiger partial charge on any atom is 0.324 e. The van der Waals surface area contributed by atoms with Gasteiger partial charge in [-0.25, -0.2) is 8.42 Å². The van der Waals surface area contributed by atoms with Crippen LogP contribution in [0.15, 0.2) is 27.6 Å². The lowest BCUT2D eigenvalue weighted by atomic mass is 10.3. The molecule has 0 aliphatic carbocycles. The van der Waals surface area contributed by atoms with E-state index in [9.17, 15) is 13.2 Å². The zero-order valence-electron chi connectivity index (χ0n) is 10.8. The number of hydrogen-bond donors (Lipinski definition) is 2. The Kier molecular flexibility index (Phi) is 5.93. The van der Waals surface area contributed by atoms with Gasteiger partial charge in [-0.3, -0.25) is 4.79 Å². The van der Waals surface area contributed by atoms with Crippen LogP contribution in [0.5, 0.6) is 5.75 Å². The molecular formula is C11H14BrNO6S. The Morgan fingerprint density at radius 3 is 2.60 bits per heavy atom. The van der Waals surface area contributed by atoms with Crippen molar-refractivity contribution in [2.75, 3.05) is 20.8 Å². The average molecular weight is 368 g/mol. The van der Waals surface area contributed by atoms with E-state index in [0.29, 0.717) is 4.47 Å². The second-order valence-electron chi connectivity index (χ2n) is 3.76. The van der Waals surface area contributed by atoms with Crippen molar-refractivity contribution in [1.29, 1.82) is 0 Å². The SMILES string of the molecule is COCC(NS(=O)(=O)c1cc(Br)ccc1OC)C(=O)O. The Hall–Kier alpha value is -1.16. The maximum absolute atomic E-state index is 12.2. The Morgan fingerprint density at radius 1 is 1.45 bits per heavy atom. The molecule has 0 saturated heterocycles. The lowest BCUT2D eigenvalue weighted by Gasteiger charge is -2.15. The minimum Gasteiger partial charge on any atom is -0.495 e. The van der Waals surface area contributed by atoms with Gasteiger partial charge < -0.3 is 14.6 Å². The first-order valence-corrected chi connectivity index (χ1v) is 7.67. The zero-order chi connectivity index (χ0) is 15.3. The van der Waals surface area contributed by atoms with Gasteiger partial charge in [0.2, 0.25) is 10.0 Å². The van der Waals surface area contributed by atoms with Gasteiger partial charge in [0.25, 0.3) is 0 Å². The van der Waals surface area contributed by atoms with Crippen LogP contribution in [0, 0.1) is 0 Å². The van der Waals surface area contributed by atoms with E-state index in [1.54, 1.807) is 6.07 Å². The van der Waals surface area contributed by atoms with E-state index >= 15 is 0 Å². The lowest BCUT2D eigenvalue weighted by Crippen LogP contribution is -2.43. The third-order valence-electron chi connectivity index (χ3n) is 2.34. The van der Waals surface area contributed by atoms with Crippen molar-refractivity contribution in [1.82, 2.24) is 4.72 Å². The summed E-state index contributed by atoms with van der Waals surface area (Å²) in [5.74, 6) is -1.22. The summed E-state index contributed by atoms with van der Waals surface area (Å²) in [5, 5.41) is 8.95. The zero-order valence-corrected chi connectivity index (χ0v) is 13.2. The van der Waals surface area contributed by atoms with Crippen molar-refractivity contribution in [3.63, 3.8) is 0 Å². The fraction of sp³-hybridized carbons (Fsp3) is 0.364. The van der Waals surface area contributed by atoms with E-state index in [1.807, 2.05) is 0 Å². The van der Waals surface area contributed by atoms with Gasteiger partial charge in [0.15, 0.2) is 0 Å². The highest BCUT2D eigenvalue weighted by Gasteiger charge is 2.27. The number of benzene rings is 1. The molecule has 0 radical (unpaired) electrons. The molecule has 0 aliphatic heterocycles. The summed E-state index contributed by atoms with van der Waals surface area (Å²) in [7, 11) is -1.45. The molecule has 1 aromatic rings. The summed E-state index contributed by atoms with van der Waals surface area (Å²) in [6.07, 6.45) is 0. The molecule has 1 aromatic carbocycles. The minimum atomic E-state index is -4.06. The molecule has 7 nitrogen and oxygen atoms in total. The number of halogens is 1.